The zero-order valence-corrected chi connectivity index (χ0v) is 4.29. The molecule has 0 saturated carbocycles. The smallest absolute Gasteiger partial charge is 0.142 e. The van der Waals surface area contributed by atoms with E-state index in [4.69, 9.17) is 0 Å². The molecule has 0 radical (unpaired) electrons. The van der Waals surface area contributed by atoms with E-state index in [0.717, 1.165) is 6.29 Å². The van der Waals surface area contributed by atoms with Crippen LogP contribution in [-0.4, -0.2) is 6.29 Å². The lowest BCUT2D eigenvalue weighted by molar-refractivity contribution is -0.104. The van der Waals surface area contributed by atoms with Gasteiger partial charge in [-0.25, -0.2) is 0 Å². The van der Waals surface area contributed by atoms with Crippen molar-refractivity contribution in [2.45, 2.75) is 6.92 Å². The molecule has 0 amide bonds. The van der Waals surface area contributed by atoms with Crippen LogP contribution >= 0.6 is 0 Å². The van der Waals surface area contributed by atoms with E-state index >= 15 is 0 Å². The summed E-state index contributed by atoms with van der Waals surface area (Å²) in [5.74, 6) is 0. The highest BCUT2D eigenvalue weighted by molar-refractivity contribution is 5.65. The summed E-state index contributed by atoms with van der Waals surface area (Å²) >= 11 is 0. The maximum Gasteiger partial charge on any atom is 0.142 e. The van der Waals surface area contributed by atoms with Crippen LogP contribution in [0.1, 0.15) is 6.92 Å². The van der Waals surface area contributed by atoms with E-state index in [9.17, 15) is 4.79 Å². The summed E-state index contributed by atoms with van der Waals surface area (Å²) in [7, 11) is 0. The second-order valence-electron chi connectivity index (χ2n) is 1.05. The number of carbonyl (C=O) groups is 1. The molecule has 38 valence electrons. The van der Waals surface area contributed by atoms with Crippen LogP contribution in [-0.2, 0) is 4.79 Å². The minimum atomic E-state index is 0.750. The van der Waals surface area contributed by atoms with Gasteiger partial charge in [-0.3, -0.25) is 4.79 Å². The van der Waals surface area contributed by atoms with Crippen LogP contribution in [0.3, 0.4) is 0 Å². The van der Waals surface area contributed by atoms with E-state index in [0.29, 0.717) is 0 Å². The summed E-state index contributed by atoms with van der Waals surface area (Å²) in [6.07, 6.45) is 7.54. The van der Waals surface area contributed by atoms with Crippen LogP contribution in [0.4, 0.5) is 0 Å². The van der Waals surface area contributed by atoms with Crippen molar-refractivity contribution in [3.8, 4) is 0 Å². The molecule has 0 aliphatic carbocycles. The van der Waals surface area contributed by atoms with Crippen molar-refractivity contribution in [1.82, 2.24) is 0 Å². The predicted molar refractivity (Wildman–Crippen MR) is 30.0 cm³/mol. The van der Waals surface area contributed by atoms with Crippen molar-refractivity contribution in [3.63, 3.8) is 0 Å². The fraction of sp³-hybridized carbons (Fsp3) is 0.167. The molecule has 1 heteroatoms. The molecule has 0 unspecified atom stereocenters. The molecule has 0 bridgehead atoms. The Morgan fingerprint density at radius 2 is 1.86 bits per heavy atom. The molecule has 0 rings (SSSR count). The third-order valence-corrected chi connectivity index (χ3v) is 0.493. The van der Waals surface area contributed by atoms with E-state index < -0.39 is 0 Å². The monoisotopic (exact) mass is 96.1 g/mol. The van der Waals surface area contributed by atoms with Crippen molar-refractivity contribution in [1.29, 1.82) is 0 Å². The van der Waals surface area contributed by atoms with Crippen LogP contribution < -0.4 is 0 Å². The maximum absolute atomic E-state index is 9.56. The molecule has 0 aliphatic heterocycles. The molecular weight excluding hydrogens is 88.1 g/mol. The zero-order chi connectivity index (χ0) is 5.54. The molecule has 0 fully saturated rings. The lowest BCUT2D eigenvalue weighted by atomic mass is 10.5. The minimum Gasteiger partial charge on any atom is -0.299 e. The van der Waals surface area contributed by atoms with Crippen molar-refractivity contribution in [3.05, 3.63) is 24.3 Å². The van der Waals surface area contributed by atoms with Gasteiger partial charge in [0, 0.05) is 0 Å². The summed E-state index contributed by atoms with van der Waals surface area (Å²) in [6.45, 7) is 1.90. The summed E-state index contributed by atoms with van der Waals surface area (Å²) in [5, 5.41) is 0. The maximum atomic E-state index is 9.56. The normalized spacial score (nSPS) is 11.0. The first-order chi connectivity index (χ1) is 3.41. The SMILES string of the molecule is C/C=C/C=CC=O. The molecule has 0 spiro atoms. The fourth-order valence-electron chi connectivity index (χ4n) is 0.221. The number of carbonyl (C=O) groups excluding carboxylic acids is 1. The zero-order valence-electron chi connectivity index (χ0n) is 4.29. The summed E-state index contributed by atoms with van der Waals surface area (Å²) < 4.78 is 0. The Hall–Kier alpha value is -0.850. The van der Waals surface area contributed by atoms with Gasteiger partial charge in [-0.15, -0.1) is 0 Å². The molecule has 0 aromatic carbocycles. The molecule has 0 aromatic heterocycles. The first kappa shape index (κ1) is 6.15. The molecular formula is C6H8O. The number of hydrogen-bond donors (Lipinski definition) is 0. The van der Waals surface area contributed by atoms with Gasteiger partial charge < -0.3 is 0 Å². The fourth-order valence-corrected chi connectivity index (χ4v) is 0.221. The largest absolute Gasteiger partial charge is 0.299 e. The average molecular weight is 96.1 g/mol. The van der Waals surface area contributed by atoms with E-state index in [1.54, 1.807) is 12.2 Å². The standard InChI is InChI=1S/C6H8O/c1-2-3-4-5-6-7/h2-6H,1H3/b3-2+,5-4?. The second-order valence-corrected chi connectivity index (χ2v) is 1.05. The second kappa shape index (κ2) is 5.15. The lowest BCUT2D eigenvalue weighted by Gasteiger charge is -1.62. The van der Waals surface area contributed by atoms with Crippen molar-refractivity contribution in [2.24, 2.45) is 0 Å². The van der Waals surface area contributed by atoms with Crippen LogP contribution in [0.5, 0.6) is 0 Å². The first-order valence-electron chi connectivity index (χ1n) is 2.15. The van der Waals surface area contributed by atoms with E-state index in [1.807, 2.05) is 13.0 Å². The highest BCUT2D eigenvalue weighted by atomic mass is 16.1. The quantitative estimate of drug-likeness (QED) is 0.288. The van der Waals surface area contributed by atoms with E-state index in [1.165, 1.54) is 6.08 Å². The van der Waals surface area contributed by atoms with Crippen LogP contribution in [0.2, 0.25) is 0 Å². The van der Waals surface area contributed by atoms with Gasteiger partial charge in [-0.1, -0.05) is 18.2 Å². The molecule has 0 atom stereocenters. The van der Waals surface area contributed by atoms with E-state index in [2.05, 4.69) is 0 Å². The number of rotatable bonds is 2. The van der Waals surface area contributed by atoms with Gasteiger partial charge in [0.05, 0.1) is 0 Å². The third kappa shape index (κ3) is 5.15. The molecule has 0 saturated heterocycles. The van der Waals surface area contributed by atoms with Gasteiger partial charge in [0.2, 0.25) is 0 Å². The summed E-state index contributed by atoms with van der Waals surface area (Å²) in [6, 6.07) is 0. The Bertz CT molecular complexity index is 90.4. The van der Waals surface area contributed by atoms with Gasteiger partial charge in [0.25, 0.3) is 0 Å². The molecule has 0 N–H and O–H groups in total. The summed E-state index contributed by atoms with van der Waals surface area (Å²) in [4.78, 5) is 9.56. The van der Waals surface area contributed by atoms with Gasteiger partial charge in [0.15, 0.2) is 0 Å². The molecule has 0 aliphatic rings. The number of aldehydes is 1. The van der Waals surface area contributed by atoms with Crippen molar-refractivity contribution in [2.75, 3.05) is 0 Å². The Labute approximate surface area is 43.3 Å². The lowest BCUT2D eigenvalue weighted by Crippen LogP contribution is -1.53. The Morgan fingerprint density at radius 3 is 2.29 bits per heavy atom. The van der Waals surface area contributed by atoms with Crippen LogP contribution in [0.25, 0.3) is 0 Å². The Morgan fingerprint density at radius 1 is 1.14 bits per heavy atom. The highest BCUT2D eigenvalue weighted by Gasteiger charge is 1.55. The number of hydrogen-bond acceptors (Lipinski definition) is 1. The third-order valence-electron chi connectivity index (χ3n) is 0.493. The Balaban J connectivity index is 3.27. The average Bonchev–Trinajstić information content (AvgIpc) is 1.69. The van der Waals surface area contributed by atoms with Gasteiger partial charge >= 0.3 is 0 Å². The van der Waals surface area contributed by atoms with Gasteiger partial charge in [-0.05, 0) is 13.0 Å². The predicted octanol–water partition coefficient (Wildman–Crippen LogP) is 1.32. The van der Waals surface area contributed by atoms with E-state index in [-0.39, 0.29) is 0 Å². The highest BCUT2D eigenvalue weighted by Crippen LogP contribution is 1.70. The Kier molecular flexibility index (Phi) is 4.52. The summed E-state index contributed by atoms with van der Waals surface area (Å²) in [5.41, 5.74) is 0. The topological polar surface area (TPSA) is 17.1 Å². The first-order valence-corrected chi connectivity index (χ1v) is 2.15. The molecule has 0 aromatic rings. The van der Waals surface area contributed by atoms with Crippen LogP contribution in [0.15, 0.2) is 24.3 Å². The van der Waals surface area contributed by atoms with Crippen LogP contribution in [0, 0.1) is 0 Å². The minimum absolute atomic E-state index is 0.750. The molecule has 1 nitrogen and oxygen atoms in total. The molecule has 0 heterocycles. The van der Waals surface area contributed by atoms with Crippen molar-refractivity contribution >= 4 is 6.29 Å². The number of allylic oxidation sites excluding steroid dienone is 4. The van der Waals surface area contributed by atoms with Crippen molar-refractivity contribution < 1.29 is 4.79 Å². The van der Waals surface area contributed by atoms with Gasteiger partial charge in [-0.2, -0.15) is 0 Å². The van der Waals surface area contributed by atoms with Gasteiger partial charge in [0.1, 0.15) is 6.29 Å². The molecule has 7 heavy (non-hydrogen) atoms.